The van der Waals surface area contributed by atoms with Gasteiger partial charge in [-0.2, -0.15) is 0 Å². The van der Waals surface area contributed by atoms with Crippen molar-refractivity contribution >= 4 is 14.3 Å². The molecular formula is C7H18O3Si. The number of hydrogen-bond acceptors (Lipinski definition) is 3. The van der Waals surface area contributed by atoms with Gasteiger partial charge in [0.2, 0.25) is 0 Å². The summed E-state index contributed by atoms with van der Waals surface area (Å²) in [5, 5.41) is 0. The topological polar surface area (TPSA) is 35.5 Å². The second-order valence-electron chi connectivity index (χ2n) is 3.01. The van der Waals surface area contributed by atoms with Crippen LogP contribution in [-0.4, -0.2) is 28.5 Å². The van der Waals surface area contributed by atoms with Crippen molar-refractivity contribution in [3.05, 3.63) is 0 Å². The summed E-state index contributed by atoms with van der Waals surface area (Å²) < 4.78 is 9.19. The molecule has 11 heavy (non-hydrogen) atoms. The molecule has 0 saturated heterocycles. The highest BCUT2D eigenvalue weighted by molar-refractivity contribution is 6.69. The van der Waals surface area contributed by atoms with Gasteiger partial charge in [-0.25, -0.2) is 0 Å². The average Bonchev–Trinajstić information content (AvgIpc) is 1.88. The first kappa shape index (κ1) is 13.3. The fourth-order valence-electron chi connectivity index (χ4n) is 0. The summed E-state index contributed by atoms with van der Waals surface area (Å²) in [5.41, 5.74) is 0. The van der Waals surface area contributed by atoms with Crippen LogP contribution < -0.4 is 0 Å². The van der Waals surface area contributed by atoms with E-state index < -0.39 is 8.32 Å². The number of ether oxygens (including phenoxy) is 1. The summed E-state index contributed by atoms with van der Waals surface area (Å²) in [4.78, 5) is 9.59. The van der Waals surface area contributed by atoms with E-state index in [1.165, 1.54) is 14.0 Å². The minimum atomic E-state index is -1.13. The van der Waals surface area contributed by atoms with Crippen molar-refractivity contribution in [2.75, 3.05) is 14.2 Å². The smallest absolute Gasteiger partial charge is 0.302 e. The maximum atomic E-state index is 9.59. The zero-order chi connectivity index (χ0) is 9.49. The predicted molar refractivity (Wildman–Crippen MR) is 48.0 cm³/mol. The third-order valence-electron chi connectivity index (χ3n) is 0.900. The molecule has 0 saturated carbocycles. The second kappa shape index (κ2) is 6.36. The van der Waals surface area contributed by atoms with Crippen LogP contribution in [-0.2, 0) is 14.0 Å². The van der Waals surface area contributed by atoms with Crippen molar-refractivity contribution in [3.63, 3.8) is 0 Å². The Hall–Kier alpha value is -0.353. The molecule has 0 aromatic carbocycles. The quantitative estimate of drug-likeness (QED) is 0.452. The van der Waals surface area contributed by atoms with Crippen molar-refractivity contribution in [1.29, 1.82) is 0 Å². The summed E-state index contributed by atoms with van der Waals surface area (Å²) in [5.74, 6) is -0.245. The van der Waals surface area contributed by atoms with Gasteiger partial charge in [0.05, 0.1) is 7.11 Å². The lowest BCUT2D eigenvalue weighted by molar-refractivity contribution is -0.137. The van der Waals surface area contributed by atoms with Gasteiger partial charge in [0.1, 0.15) is 0 Å². The lowest BCUT2D eigenvalue weighted by Crippen LogP contribution is -2.22. The first-order chi connectivity index (χ1) is 4.83. The summed E-state index contributed by atoms with van der Waals surface area (Å²) in [6, 6.07) is 0. The predicted octanol–water partition coefficient (Wildman–Crippen LogP) is 1.65. The Kier molecular flexibility index (Phi) is 7.67. The number of rotatable bonds is 1. The van der Waals surface area contributed by atoms with E-state index in [2.05, 4.69) is 24.4 Å². The largest absolute Gasteiger partial charge is 0.469 e. The van der Waals surface area contributed by atoms with E-state index in [-0.39, 0.29) is 5.97 Å². The van der Waals surface area contributed by atoms with Crippen LogP contribution in [0.2, 0.25) is 19.6 Å². The van der Waals surface area contributed by atoms with Gasteiger partial charge in [0.25, 0.3) is 0 Å². The molecule has 68 valence electrons. The number of methoxy groups -OCH3 is 1. The first-order valence-electron chi connectivity index (χ1n) is 3.43. The molecule has 0 heterocycles. The highest BCUT2D eigenvalue weighted by Crippen LogP contribution is 1.97. The Bertz CT molecular complexity index is 107. The van der Waals surface area contributed by atoms with Crippen LogP contribution in [0.15, 0.2) is 0 Å². The number of hydrogen-bond donors (Lipinski definition) is 0. The van der Waals surface area contributed by atoms with Gasteiger partial charge in [-0.15, -0.1) is 0 Å². The van der Waals surface area contributed by atoms with Crippen LogP contribution in [0.4, 0.5) is 0 Å². The van der Waals surface area contributed by atoms with Crippen LogP contribution in [0, 0.1) is 0 Å². The van der Waals surface area contributed by atoms with Crippen molar-refractivity contribution in [3.8, 4) is 0 Å². The molecule has 4 heteroatoms. The van der Waals surface area contributed by atoms with Crippen LogP contribution in [0.1, 0.15) is 6.92 Å². The molecule has 0 amide bonds. The molecule has 3 nitrogen and oxygen atoms in total. The molecule has 0 bridgehead atoms. The Labute approximate surface area is 69.8 Å². The Morgan fingerprint density at radius 3 is 1.36 bits per heavy atom. The number of carbonyl (C=O) groups is 1. The molecule has 0 N–H and O–H groups in total. The molecule has 0 spiro atoms. The van der Waals surface area contributed by atoms with Gasteiger partial charge in [-0.05, 0) is 19.6 Å². The number of esters is 1. The van der Waals surface area contributed by atoms with Gasteiger partial charge >= 0.3 is 5.97 Å². The minimum absolute atomic E-state index is 0.245. The molecule has 0 atom stereocenters. The van der Waals surface area contributed by atoms with E-state index in [4.69, 9.17) is 4.43 Å². The Balaban J connectivity index is 0. The SMILES string of the molecule is COC(C)=O.CO[Si](C)(C)C. The third-order valence-corrected chi connectivity index (χ3v) is 2.12. The highest BCUT2D eigenvalue weighted by atomic mass is 28.4. The summed E-state index contributed by atoms with van der Waals surface area (Å²) in [7, 11) is 1.99. The lowest BCUT2D eigenvalue weighted by Gasteiger charge is -2.10. The molecular weight excluding hydrogens is 160 g/mol. The fourth-order valence-corrected chi connectivity index (χ4v) is 0. The standard InChI is InChI=1S/C4H12OSi.C3H6O2/c1-5-6(2,3)4;1-3(4)5-2/h1-4H3;1-2H3. The molecule has 0 fully saturated rings. The van der Waals surface area contributed by atoms with Crippen molar-refractivity contribution in [1.82, 2.24) is 0 Å². The molecule has 0 aliphatic heterocycles. The Morgan fingerprint density at radius 2 is 1.36 bits per heavy atom. The highest BCUT2D eigenvalue weighted by Gasteiger charge is 2.09. The van der Waals surface area contributed by atoms with E-state index >= 15 is 0 Å². The Morgan fingerprint density at radius 1 is 1.18 bits per heavy atom. The van der Waals surface area contributed by atoms with Gasteiger partial charge < -0.3 is 9.16 Å². The van der Waals surface area contributed by atoms with Crippen molar-refractivity contribution in [2.45, 2.75) is 26.6 Å². The zero-order valence-electron chi connectivity index (χ0n) is 8.22. The zero-order valence-corrected chi connectivity index (χ0v) is 9.22. The van der Waals surface area contributed by atoms with Gasteiger partial charge in [-0.1, -0.05) is 0 Å². The maximum absolute atomic E-state index is 9.59. The summed E-state index contributed by atoms with van der Waals surface area (Å²) in [6.45, 7) is 7.84. The first-order valence-corrected chi connectivity index (χ1v) is 6.84. The summed E-state index contributed by atoms with van der Waals surface area (Å²) >= 11 is 0. The van der Waals surface area contributed by atoms with Crippen LogP contribution >= 0.6 is 0 Å². The molecule has 0 unspecified atom stereocenters. The summed E-state index contributed by atoms with van der Waals surface area (Å²) in [6.07, 6.45) is 0. The maximum Gasteiger partial charge on any atom is 0.302 e. The van der Waals surface area contributed by atoms with Crippen LogP contribution in [0.5, 0.6) is 0 Å². The average molecular weight is 178 g/mol. The van der Waals surface area contributed by atoms with Gasteiger partial charge in [0, 0.05) is 14.0 Å². The molecule has 0 aliphatic carbocycles. The molecule has 0 aromatic rings. The number of carbonyl (C=O) groups excluding carboxylic acids is 1. The monoisotopic (exact) mass is 178 g/mol. The van der Waals surface area contributed by atoms with E-state index in [0.717, 1.165) is 0 Å². The van der Waals surface area contributed by atoms with E-state index in [9.17, 15) is 4.79 Å². The van der Waals surface area contributed by atoms with E-state index in [1.54, 1.807) is 7.11 Å². The van der Waals surface area contributed by atoms with Crippen LogP contribution in [0.3, 0.4) is 0 Å². The van der Waals surface area contributed by atoms with E-state index in [0.29, 0.717) is 0 Å². The molecule has 0 aromatic heterocycles. The van der Waals surface area contributed by atoms with Gasteiger partial charge in [0.15, 0.2) is 8.32 Å². The molecule has 0 aliphatic rings. The minimum Gasteiger partial charge on any atom is -0.469 e. The molecule has 0 radical (unpaired) electrons. The normalized spacial score (nSPS) is 9.64. The third kappa shape index (κ3) is 26.1. The van der Waals surface area contributed by atoms with Crippen molar-refractivity contribution in [2.24, 2.45) is 0 Å². The van der Waals surface area contributed by atoms with Crippen molar-refractivity contribution < 1.29 is 14.0 Å². The van der Waals surface area contributed by atoms with Gasteiger partial charge in [-0.3, -0.25) is 4.79 Å². The lowest BCUT2D eigenvalue weighted by atomic mass is 10.8. The van der Waals surface area contributed by atoms with Crippen LogP contribution in [0.25, 0.3) is 0 Å². The fraction of sp³-hybridized carbons (Fsp3) is 0.857. The molecule has 0 rings (SSSR count). The van der Waals surface area contributed by atoms with E-state index in [1.807, 2.05) is 0 Å². The second-order valence-corrected chi connectivity index (χ2v) is 7.65.